The molecule has 0 saturated carbocycles. The highest BCUT2D eigenvalue weighted by Crippen LogP contribution is 2.28. The van der Waals surface area contributed by atoms with E-state index in [2.05, 4.69) is 21.2 Å². The Morgan fingerprint density at radius 3 is 2.47 bits per heavy atom. The Bertz CT molecular complexity index is 1340. The molecule has 3 aromatic rings. The van der Waals surface area contributed by atoms with Crippen LogP contribution in [0, 0.1) is 10.1 Å². The average Bonchev–Trinajstić information content (AvgIpc) is 2.82. The monoisotopic (exact) mass is 521 g/mol. The number of non-ortho nitro benzene ring substituents is 1. The minimum atomic E-state index is -0.993. The van der Waals surface area contributed by atoms with Crippen LogP contribution in [0.2, 0.25) is 0 Å². The van der Waals surface area contributed by atoms with E-state index in [1.807, 2.05) is 24.3 Å². The van der Waals surface area contributed by atoms with Crippen molar-refractivity contribution in [3.8, 4) is 5.75 Å². The third kappa shape index (κ3) is 4.86. The molecule has 0 spiro atoms. The van der Waals surface area contributed by atoms with Gasteiger partial charge in [-0.25, -0.2) is 9.69 Å². The molecule has 0 unspecified atom stereocenters. The largest absolute Gasteiger partial charge is 0.488 e. The molecule has 1 fully saturated rings. The zero-order valence-electron chi connectivity index (χ0n) is 17.4. The van der Waals surface area contributed by atoms with Crippen LogP contribution in [0.15, 0.2) is 82.8 Å². The Morgan fingerprint density at radius 2 is 1.74 bits per heavy atom. The SMILES string of the molecule is O=C1NC(=O)N(c2cccc([N+](=O)[O-])c2)C(=O)/C1=C/c1ccccc1OCc1ccc(Br)cc1. The van der Waals surface area contributed by atoms with Crippen LogP contribution >= 0.6 is 15.9 Å². The number of carbonyl (C=O) groups excluding carboxylic acids is 3. The van der Waals surface area contributed by atoms with Crippen molar-refractivity contribution in [2.75, 3.05) is 4.90 Å². The number of nitrogens with zero attached hydrogens (tertiary/aromatic N) is 2. The maximum Gasteiger partial charge on any atom is 0.335 e. The second-order valence-electron chi connectivity index (χ2n) is 7.19. The van der Waals surface area contributed by atoms with Gasteiger partial charge in [-0.2, -0.15) is 0 Å². The predicted molar refractivity (Wildman–Crippen MR) is 127 cm³/mol. The molecule has 1 saturated heterocycles. The van der Waals surface area contributed by atoms with Gasteiger partial charge in [0.25, 0.3) is 17.5 Å². The summed E-state index contributed by atoms with van der Waals surface area (Å²) >= 11 is 3.38. The number of nitrogens with one attached hydrogen (secondary N) is 1. The van der Waals surface area contributed by atoms with E-state index in [4.69, 9.17) is 4.74 Å². The van der Waals surface area contributed by atoms with Crippen LogP contribution < -0.4 is 15.0 Å². The molecule has 0 atom stereocenters. The number of hydrogen-bond donors (Lipinski definition) is 1. The molecule has 170 valence electrons. The molecule has 10 heteroatoms. The third-order valence-corrected chi connectivity index (χ3v) is 5.46. The maximum atomic E-state index is 13.1. The van der Waals surface area contributed by atoms with Crippen molar-refractivity contribution in [3.05, 3.63) is 104 Å². The minimum absolute atomic E-state index is 0.0325. The number of amides is 4. The van der Waals surface area contributed by atoms with Gasteiger partial charge in [-0.15, -0.1) is 0 Å². The Balaban J connectivity index is 1.64. The second-order valence-corrected chi connectivity index (χ2v) is 8.10. The summed E-state index contributed by atoms with van der Waals surface area (Å²) in [7, 11) is 0. The average molecular weight is 522 g/mol. The Kier molecular flexibility index (Phi) is 6.51. The van der Waals surface area contributed by atoms with Gasteiger partial charge in [-0.05, 0) is 35.9 Å². The van der Waals surface area contributed by atoms with Crippen LogP contribution in [0.3, 0.4) is 0 Å². The van der Waals surface area contributed by atoms with Crippen molar-refractivity contribution < 1.29 is 24.0 Å². The van der Waals surface area contributed by atoms with Gasteiger partial charge in [0.05, 0.1) is 10.6 Å². The third-order valence-electron chi connectivity index (χ3n) is 4.93. The molecule has 1 aliphatic rings. The summed E-state index contributed by atoms with van der Waals surface area (Å²) in [6, 6.07) is 18.4. The van der Waals surface area contributed by atoms with Gasteiger partial charge in [0, 0.05) is 22.2 Å². The molecule has 3 aromatic carbocycles. The number of nitro groups is 1. The summed E-state index contributed by atoms with van der Waals surface area (Å²) in [5.41, 5.74) is 0.721. The fourth-order valence-corrected chi connectivity index (χ4v) is 3.53. The summed E-state index contributed by atoms with van der Waals surface area (Å²) in [5.74, 6) is -1.35. The lowest BCUT2D eigenvalue weighted by molar-refractivity contribution is -0.384. The lowest BCUT2D eigenvalue weighted by Gasteiger charge is -2.26. The van der Waals surface area contributed by atoms with Gasteiger partial charge in [-0.3, -0.25) is 25.0 Å². The summed E-state index contributed by atoms with van der Waals surface area (Å²) in [5, 5.41) is 13.2. The molecule has 0 aliphatic carbocycles. The van der Waals surface area contributed by atoms with Gasteiger partial charge in [0.1, 0.15) is 17.9 Å². The number of barbiturate groups is 1. The summed E-state index contributed by atoms with van der Waals surface area (Å²) < 4.78 is 6.83. The molecular weight excluding hydrogens is 506 g/mol. The molecule has 0 aromatic heterocycles. The lowest BCUT2D eigenvalue weighted by Crippen LogP contribution is -2.54. The van der Waals surface area contributed by atoms with Crippen molar-refractivity contribution >= 4 is 51.2 Å². The highest BCUT2D eigenvalue weighted by atomic mass is 79.9. The van der Waals surface area contributed by atoms with Gasteiger partial charge >= 0.3 is 6.03 Å². The molecule has 1 N–H and O–H groups in total. The standard InChI is InChI=1S/C24H16BrN3O6/c25-17-10-8-15(9-11-17)14-34-21-7-2-1-4-16(21)12-20-22(29)26-24(31)27(23(20)30)18-5-3-6-19(13-18)28(32)33/h1-13H,14H2,(H,26,29,31)/b20-12+. The number of imide groups is 2. The molecule has 0 bridgehead atoms. The Labute approximate surface area is 201 Å². The first-order chi connectivity index (χ1) is 16.3. The molecular formula is C24H16BrN3O6. The first kappa shape index (κ1) is 22.9. The van der Waals surface area contributed by atoms with E-state index >= 15 is 0 Å². The Hall–Kier alpha value is -4.31. The van der Waals surface area contributed by atoms with E-state index in [1.165, 1.54) is 24.3 Å². The number of ether oxygens (including phenoxy) is 1. The van der Waals surface area contributed by atoms with Crippen LogP contribution in [0.4, 0.5) is 16.2 Å². The summed E-state index contributed by atoms with van der Waals surface area (Å²) in [6.45, 7) is 0.256. The fourth-order valence-electron chi connectivity index (χ4n) is 3.27. The number of para-hydroxylation sites is 1. The van der Waals surface area contributed by atoms with Crippen LogP contribution in [-0.2, 0) is 16.2 Å². The van der Waals surface area contributed by atoms with Crippen molar-refractivity contribution in [2.45, 2.75) is 6.61 Å². The second kappa shape index (κ2) is 9.67. The number of halogens is 1. The van der Waals surface area contributed by atoms with Crippen LogP contribution in [0.25, 0.3) is 6.08 Å². The van der Waals surface area contributed by atoms with Crippen molar-refractivity contribution in [2.24, 2.45) is 0 Å². The molecule has 4 amide bonds. The summed E-state index contributed by atoms with van der Waals surface area (Å²) in [6.07, 6.45) is 1.32. The predicted octanol–water partition coefficient (Wildman–Crippen LogP) is 4.60. The number of rotatable bonds is 6. The highest BCUT2D eigenvalue weighted by Gasteiger charge is 2.37. The maximum absolute atomic E-state index is 13.1. The first-order valence-corrected chi connectivity index (χ1v) is 10.7. The van der Waals surface area contributed by atoms with Crippen LogP contribution in [0.5, 0.6) is 5.75 Å². The van der Waals surface area contributed by atoms with Gasteiger partial charge in [0.15, 0.2) is 0 Å². The molecule has 9 nitrogen and oxygen atoms in total. The van der Waals surface area contributed by atoms with E-state index in [9.17, 15) is 24.5 Å². The van der Waals surface area contributed by atoms with E-state index < -0.39 is 22.8 Å². The number of carbonyl (C=O) groups is 3. The smallest absolute Gasteiger partial charge is 0.335 e. The molecule has 1 heterocycles. The van der Waals surface area contributed by atoms with Crippen molar-refractivity contribution in [3.63, 3.8) is 0 Å². The van der Waals surface area contributed by atoms with E-state index in [1.54, 1.807) is 24.3 Å². The molecule has 4 rings (SSSR count). The molecule has 1 aliphatic heterocycles. The lowest BCUT2D eigenvalue weighted by atomic mass is 10.1. The zero-order chi connectivity index (χ0) is 24.2. The first-order valence-electron chi connectivity index (χ1n) is 9.95. The highest BCUT2D eigenvalue weighted by molar-refractivity contribution is 9.10. The molecule has 0 radical (unpaired) electrons. The summed E-state index contributed by atoms with van der Waals surface area (Å²) in [4.78, 5) is 49.1. The van der Waals surface area contributed by atoms with Crippen molar-refractivity contribution in [1.82, 2.24) is 5.32 Å². The fraction of sp³-hybridized carbons (Fsp3) is 0.0417. The Morgan fingerprint density at radius 1 is 1.00 bits per heavy atom. The minimum Gasteiger partial charge on any atom is -0.488 e. The zero-order valence-corrected chi connectivity index (χ0v) is 19.0. The number of anilines is 1. The van der Waals surface area contributed by atoms with E-state index in [0.717, 1.165) is 16.1 Å². The van der Waals surface area contributed by atoms with Gasteiger partial charge in [-0.1, -0.05) is 52.3 Å². The van der Waals surface area contributed by atoms with Crippen LogP contribution in [-0.4, -0.2) is 22.8 Å². The molecule has 34 heavy (non-hydrogen) atoms. The quantitative estimate of drug-likeness (QED) is 0.219. The number of hydrogen-bond acceptors (Lipinski definition) is 6. The number of nitro benzene ring substituents is 1. The number of benzene rings is 3. The van der Waals surface area contributed by atoms with Gasteiger partial charge < -0.3 is 4.74 Å². The van der Waals surface area contributed by atoms with E-state index in [0.29, 0.717) is 16.2 Å². The van der Waals surface area contributed by atoms with Crippen molar-refractivity contribution in [1.29, 1.82) is 0 Å². The van der Waals surface area contributed by atoms with Crippen LogP contribution in [0.1, 0.15) is 11.1 Å². The normalized spacial score (nSPS) is 14.8. The van der Waals surface area contributed by atoms with E-state index in [-0.39, 0.29) is 23.6 Å². The topological polar surface area (TPSA) is 119 Å². The van der Waals surface area contributed by atoms with Gasteiger partial charge in [0.2, 0.25) is 0 Å². The number of urea groups is 1.